The van der Waals surface area contributed by atoms with Gasteiger partial charge in [0.05, 0.1) is 6.42 Å². The molecule has 0 aliphatic carbocycles. The van der Waals surface area contributed by atoms with Gasteiger partial charge in [-0.15, -0.1) is 0 Å². The number of carboxylic acids is 2. The average molecular weight is 1060 g/mol. The smallest absolute Gasteiger partial charge is 0.373 e. The summed E-state index contributed by atoms with van der Waals surface area (Å²) in [7, 11) is -7.40. The number of nitrogens with one attached hydrogen (secondary N) is 2. The normalized spacial score (nSPS) is 14.2. The Morgan fingerprint density at radius 1 is 0.657 bits per heavy atom. The average Bonchev–Trinajstić information content (AvgIpc) is 3.10. The van der Waals surface area contributed by atoms with Gasteiger partial charge < -0.3 is 58.2 Å². The van der Waals surface area contributed by atoms with Crippen LogP contribution >= 0.6 is 0 Å². The third-order valence-corrected chi connectivity index (χ3v) is 27.8. The molecule has 0 bridgehead atoms. The molecule has 0 fully saturated rings. The first-order chi connectivity index (χ1) is 27.1. The second kappa shape index (κ2) is 46.4. The van der Waals surface area contributed by atoms with Crippen molar-refractivity contribution in [3.8, 4) is 0 Å². The molecule has 0 heterocycles. The second-order valence-electron chi connectivity index (χ2n) is 16.6. The van der Waals surface area contributed by atoms with Crippen molar-refractivity contribution >= 4 is 72.2 Å². The molecule has 23 heteroatoms. The molecule has 0 aromatic heterocycles. The van der Waals surface area contributed by atoms with Crippen molar-refractivity contribution in [3.63, 3.8) is 0 Å². The van der Waals surface area contributed by atoms with Crippen molar-refractivity contribution in [2.45, 2.75) is 207 Å². The number of amides is 2. The van der Waals surface area contributed by atoms with Crippen LogP contribution in [0, 0.1) is 5.92 Å². The van der Waals surface area contributed by atoms with Gasteiger partial charge in [0.25, 0.3) is 0 Å². The van der Waals surface area contributed by atoms with Gasteiger partial charge in [-0.2, -0.15) is 9.59 Å². The summed E-state index contributed by atoms with van der Waals surface area (Å²) in [6.45, 7) is 24.3. The minimum atomic E-state index is -2.54. The molecule has 18 nitrogen and oxygen atoms in total. The van der Waals surface area contributed by atoms with Gasteiger partial charge in [0.1, 0.15) is 0 Å². The molecular weight excluding hydrogens is 949 g/mol. The summed E-state index contributed by atoms with van der Waals surface area (Å²) in [6, 6.07) is 3.39. The number of nitrogens with two attached hydrogens (primary N) is 2. The first-order valence-electron chi connectivity index (χ1n) is 20.4. The van der Waals surface area contributed by atoms with Gasteiger partial charge in [0.2, 0.25) is 11.8 Å². The number of carboxylic acid groups (broad SMARTS) is 2. The van der Waals surface area contributed by atoms with Crippen LogP contribution in [0.2, 0.25) is 76.6 Å². The van der Waals surface area contributed by atoms with E-state index in [9.17, 15) is 24.3 Å². The van der Waals surface area contributed by atoms with Crippen LogP contribution in [0.5, 0.6) is 0 Å². The SMILES string of the molecule is C.C.C.C.C.C.C.C.CCC[Si](C)(C)O[Si](C)(CCCC(CC(=O)NCCN)C(=O)NCCN)OC.CCC[Si](C)(O[Si](C)(C)C)O[Si](C)(CCCOC(C)(CC(=O)O)C(=O)O)OC.O=C=O. The summed E-state index contributed by atoms with van der Waals surface area (Å²) in [4.78, 5) is 63.0. The summed E-state index contributed by atoms with van der Waals surface area (Å²) in [6.07, 6.45) is 3.78. The summed E-state index contributed by atoms with van der Waals surface area (Å²) >= 11 is 0. The maximum absolute atomic E-state index is 12.4. The lowest BCUT2D eigenvalue weighted by Crippen LogP contribution is -2.55. The molecule has 0 rings (SSSR count). The topological polar surface area (TPSA) is 274 Å². The lowest BCUT2D eigenvalue weighted by molar-refractivity contribution is -0.191. The van der Waals surface area contributed by atoms with Crippen molar-refractivity contribution in [1.29, 1.82) is 0 Å². The zero-order valence-corrected chi connectivity index (χ0v) is 43.3. The number of carbonyl (C=O) groups excluding carboxylic acids is 4. The molecule has 0 aliphatic rings. The van der Waals surface area contributed by atoms with Gasteiger partial charge >= 0.3 is 43.8 Å². The molecule has 0 aromatic carbocycles. The Kier molecular flexibility index (Phi) is 63.3. The monoisotopic (exact) mass is 1060 g/mol. The molecule has 2 amide bonds. The molecule has 67 heavy (non-hydrogen) atoms. The van der Waals surface area contributed by atoms with Crippen molar-refractivity contribution in [2.24, 2.45) is 17.4 Å². The first-order valence-corrected chi connectivity index (χ1v) is 34.5. The van der Waals surface area contributed by atoms with Gasteiger partial charge in [0, 0.05) is 59.3 Å². The van der Waals surface area contributed by atoms with Crippen LogP contribution in [0.4, 0.5) is 0 Å². The molecule has 5 unspecified atom stereocenters. The van der Waals surface area contributed by atoms with Gasteiger partial charge in [-0.05, 0) is 96.3 Å². The highest BCUT2D eigenvalue weighted by atomic mass is 28.5. The molecule has 0 saturated heterocycles. The van der Waals surface area contributed by atoms with Gasteiger partial charge in [-0.1, -0.05) is 92.5 Å². The Bertz CT molecular complexity index is 1270. The number of carbonyl (C=O) groups is 4. The molecule has 5 atom stereocenters. The quantitative estimate of drug-likeness (QED) is 0.0278. The third-order valence-electron chi connectivity index (χ3n) is 8.90. The van der Waals surface area contributed by atoms with E-state index in [1.54, 1.807) is 14.2 Å². The predicted octanol–water partition coefficient (Wildman–Crippen LogP) is 9.56. The van der Waals surface area contributed by atoms with E-state index in [1.165, 1.54) is 6.92 Å². The van der Waals surface area contributed by atoms with E-state index in [-0.39, 0.29) is 96.3 Å². The standard InChI is InChI=1S/C18H42N4O4Si2.C17H38O8Si3.CO2.8CH4/c1-6-13-27(3,4)26-28(5,25-2)14-7-8-16(18(24)22-12-10-20)15-17(23)21-11-9-19;1-9-12-28(8,24-26(4,5)6)25-27(7,22-3)13-10-11-23-17(2,16(20)21)14-15(18)19;2-1-3;;;;;;;;/h16H,6-15,19-20H2,1-5H3,(H,21,23)(H,22,24);9-14H2,1-8H3,(H,18,19)(H,20,21);;8*1H4. The maximum Gasteiger partial charge on any atom is 0.373 e. The molecule has 0 aliphatic heterocycles. The molecule has 0 spiro atoms. The van der Waals surface area contributed by atoms with Crippen LogP contribution in [0.25, 0.3) is 0 Å². The van der Waals surface area contributed by atoms with E-state index in [4.69, 9.17) is 52.1 Å². The van der Waals surface area contributed by atoms with Gasteiger partial charge in [0.15, 0.2) is 22.2 Å². The molecule has 0 radical (unpaired) electrons. The molecule has 412 valence electrons. The van der Waals surface area contributed by atoms with Crippen LogP contribution in [0.3, 0.4) is 0 Å². The van der Waals surface area contributed by atoms with Crippen molar-refractivity contribution in [1.82, 2.24) is 10.6 Å². The second-order valence-corrected chi connectivity index (χ2v) is 36.5. The van der Waals surface area contributed by atoms with E-state index in [1.807, 2.05) is 6.55 Å². The predicted molar refractivity (Wildman–Crippen MR) is 292 cm³/mol. The lowest BCUT2D eigenvalue weighted by Gasteiger charge is -2.40. The Morgan fingerprint density at radius 3 is 1.48 bits per heavy atom. The van der Waals surface area contributed by atoms with Crippen molar-refractivity contribution in [2.75, 3.05) is 47.0 Å². The largest absolute Gasteiger partial charge is 0.481 e. The number of aliphatic carboxylic acids is 2. The van der Waals surface area contributed by atoms with Crippen LogP contribution in [0.15, 0.2) is 0 Å². The zero-order chi connectivity index (χ0) is 46.6. The Balaban J connectivity index is -0.0000000881. The molecule has 0 aromatic rings. The fraction of sp³-hybridized carbons (Fsp3) is 0.886. The molecule has 0 saturated carbocycles. The Hall–Kier alpha value is -1.98. The van der Waals surface area contributed by atoms with Crippen LogP contribution in [0.1, 0.15) is 125 Å². The summed E-state index contributed by atoms with van der Waals surface area (Å²) in [5.41, 5.74) is 9.15. The molecular formula is C44H112N4O14Si5. The van der Waals surface area contributed by atoms with Crippen molar-refractivity contribution < 1.29 is 64.9 Å². The van der Waals surface area contributed by atoms with Crippen LogP contribution in [-0.4, -0.2) is 135 Å². The highest BCUT2D eigenvalue weighted by Crippen LogP contribution is 2.29. The Morgan fingerprint density at radius 2 is 1.09 bits per heavy atom. The number of rotatable bonds is 31. The Labute approximate surface area is 417 Å². The lowest BCUT2D eigenvalue weighted by atomic mass is 9.98. The van der Waals surface area contributed by atoms with E-state index < -0.39 is 66.3 Å². The van der Waals surface area contributed by atoms with E-state index >= 15 is 0 Å². The zero-order valence-electron chi connectivity index (χ0n) is 38.3. The van der Waals surface area contributed by atoms with Crippen molar-refractivity contribution in [3.05, 3.63) is 0 Å². The highest BCUT2D eigenvalue weighted by molar-refractivity contribution is 6.86. The third kappa shape index (κ3) is 46.2. The minimum absolute atomic E-state index is 0. The summed E-state index contributed by atoms with van der Waals surface area (Å²) < 4.78 is 36.5. The fourth-order valence-electron chi connectivity index (χ4n) is 6.32. The number of hydrogen-bond acceptors (Lipinski definition) is 14. The number of hydrogen-bond donors (Lipinski definition) is 6. The summed E-state index contributed by atoms with van der Waals surface area (Å²) in [5.74, 6) is -3.17. The van der Waals surface area contributed by atoms with E-state index in [0.717, 1.165) is 37.4 Å². The first kappa shape index (κ1) is 91.3. The fourth-order valence-corrected chi connectivity index (χ4v) is 27.2. The van der Waals surface area contributed by atoms with Crippen LogP contribution < -0.4 is 22.1 Å². The van der Waals surface area contributed by atoms with E-state index in [0.29, 0.717) is 45.1 Å². The maximum atomic E-state index is 12.4. The minimum Gasteiger partial charge on any atom is -0.481 e. The van der Waals surface area contributed by atoms with Gasteiger partial charge in [-0.3, -0.25) is 14.4 Å². The van der Waals surface area contributed by atoms with Crippen LogP contribution in [-0.2, 0) is 54.7 Å². The molecule has 8 N–H and O–H groups in total. The summed E-state index contributed by atoms with van der Waals surface area (Å²) in [5, 5.41) is 23.7. The van der Waals surface area contributed by atoms with E-state index in [2.05, 4.69) is 70.3 Å². The highest BCUT2D eigenvalue weighted by Gasteiger charge is 2.44. The van der Waals surface area contributed by atoms with Gasteiger partial charge in [-0.25, -0.2) is 4.79 Å². The number of ether oxygens (including phenoxy) is 1.